The van der Waals surface area contributed by atoms with Crippen molar-refractivity contribution in [3.05, 3.63) is 84.6 Å². The number of rotatable bonds is 0. The van der Waals surface area contributed by atoms with Gasteiger partial charge >= 0.3 is 0 Å². The summed E-state index contributed by atoms with van der Waals surface area (Å²) in [4.78, 5) is 43.9. The van der Waals surface area contributed by atoms with Crippen LogP contribution in [0, 0.1) is 120 Å². The van der Waals surface area contributed by atoms with Crippen LogP contribution in [0.5, 0.6) is 0 Å². The lowest BCUT2D eigenvalue weighted by Gasteiger charge is -2.73. The number of likely N-dealkylation sites (tertiary alicyclic amines) is 1. The molecule has 0 N–H and O–H groups in total. The normalized spacial score (nSPS) is 23.7. The maximum Gasteiger partial charge on any atom is 0.182 e. The van der Waals surface area contributed by atoms with Crippen molar-refractivity contribution in [3.63, 3.8) is 0 Å². The second kappa shape index (κ2) is 30.4. The second-order valence-corrected chi connectivity index (χ2v) is 43.8. The Labute approximate surface area is 666 Å². The van der Waals surface area contributed by atoms with E-state index in [2.05, 4.69) is 400 Å². The molecule has 4 fully saturated rings. The Kier molecular flexibility index (Phi) is 27.0. The zero-order valence-corrected chi connectivity index (χ0v) is 80.9. The van der Waals surface area contributed by atoms with Gasteiger partial charge in [-0.1, -0.05) is 41.5 Å². The highest BCUT2D eigenvalue weighted by Crippen LogP contribution is 2.67. The standard InChI is InChI=1S/C16H33N.C14H30N2.C13H27NO.C13H27NS.3C12H15N3/c1-12(2)13(3,4)15(7,8)17(11)16(9,10)14(12,5)6;1-11(2)12(3,4)16(10)14(7,8)13(5,6)15(11)9;2*1-10(2)12(5,6)15-13(7,8)11(3,4)14(10)9;1-6-7(2)11-8(3)10(5)14-15-12(11)13-9(6)4;1-6-7(2)11-9(4)13-10(5)15-12(11)14-8(6)3;1-6-7(2)11-12(14-8(6)3)15-10(5)9(4)13-11/h1-11H3;1-10H3;2*1-9H3;3*1-5H3. The van der Waals surface area contributed by atoms with Gasteiger partial charge < -0.3 is 4.74 Å². The van der Waals surface area contributed by atoms with Gasteiger partial charge in [0, 0.05) is 92.7 Å². The third-order valence-electron chi connectivity index (χ3n) is 33.6. The summed E-state index contributed by atoms with van der Waals surface area (Å²) in [5.41, 5.74) is 20.9. The first-order valence-corrected chi connectivity index (χ1v) is 40.9. The van der Waals surface area contributed by atoms with Gasteiger partial charge in [-0.2, -0.15) is 5.10 Å². The molecule has 4 aliphatic rings. The molecule has 0 amide bonds. The SMILES string of the molecule is CN1C(C)(C)C(C)(C)C(C)(C)C(C)(C)C1(C)C.CN1C(C)(C)C(C)(C)N(C)C(C)(C)C1(C)C.CN1C(C)(C)C(C)(C)OC(C)(C)C1(C)C.CN1C(C)(C)C(C)(C)SC(C)(C)C1(C)C.Cc1nc(C)c2c(C)c(C)c(C)nc2n1.Cc1nc2nc(C)c(C)c(C)c2nc1C.Cc1nc2nnc(C)c(C)c2c(C)c1C. The Morgan fingerprint density at radius 1 is 0.231 bits per heavy atom. The van der Waals surface area contributed by atoms with Crippen LogP contribution in [-0.2, 0) is 4.74 Å². The van der Waals surface area contributed by atoms with E-state index >= 15 is 0 Å². The van der Waals surface area contributed by atoms with E-state index in [1.54, 1.807) is 0 Å². The molecule has 6 aromatic heterocycles. The fourth-order valence-electron chi connectivity index (χ4n) is 17.0. The highest BCUT2D eigenvalue weighted by molar-refractivity contribution is 8.02. The molecule has 10 heterocycles. The molecular weight excluding hydrogens is 1350 g/mol. The Morgan fingerprint density at radius 3 is 0.907 bits per heavy atom. The van der Waals surface area contributed by atoms with E-state index in [1.807, 2.05) is 55.4 Å². The number of morpholine rings is 1. The van der Waals surface area contributed by atoms with Crippen molar-refractivity contribution in [1.29, 1.82) is 0 Å². The first kappa shape index (κ1) is 96.0. The van der Waals surface area contributed by atoms with Crippen LogP contribution in [0.15, 0.2) is 0 Å². The molecule has 0 aliphatic carbocycles. The molecule has 0 aromatic carbocycles. The minimum absolute atomic E-state index is 0.0337. The number of likely N-dealkylation sites (N-methyl/N-ethyl adjacent to an activating group) is 3. The fraction of sp³-hybridized carbons (Fsp3) is 0.772. The predicted molar refractivity (Wildman–Crippen MR) is 469 cm³/mol. The summed E-state index contributed by atoms with van der Waals surface area (Å²) >= 11 is 2.12. The zero-order valence-electron chi connectivity index (χ0n) is 80.1. The van der Waals surface area contributed by atoms with Gasteiger partial charge in [0.25, 0.3) is 0 Å². The number of piperidine rings is 1. The van der Waals surface area contributed by atoms with Crippen LogP contribution in [0.4, 0.5) is 0 Å². The number of thioether (sulfide) groups is 1. The van der Waals surface area contributed by atoms with Gasteiger partial charge in [0.15, 0.2) is 16.9 Å². The van der Waals surface area contributed by atoms with Gasteiger partial charge in [-0.3, -0.25) is 24.5 Å². The number of ether oxygens (including phenoxy) is 1. The first-order chi connectivity index (χ1) is 47.7. The maximum absolute atomic E-state index is 6.32. The van der Waals surface area contributed by atoms with Crippen LogP contribution in [0.2, 0.25) is 0 Å². The summed E-state index contributed by atoms with van der Waals surface area (Å²) in [7, 11) is 11.3. The number of hydrogen-bond donors (Lipinski definition) is 0. The number of piperazine rings is 1. The number of nitrogens with zero attached hydrogens (tertiary/aromatic N) is 14. The van der Waals surface area contributed by atoms with E-state index < -0.39 is 0 Å². The lowest BCUT2D eigenvalue weighted by molar-refractivity contribution is -0.285. The lowest BCUT2D eigenvalue weighted by Crippen LogP contribution is -2.82. The third kappa shape index (κ3) is 15.9. The molecular formula is C92H162N14OS. The average Bonchev–Trinajstić information content (AvgIpc) is 0.716. The fourth-order valence-corrected chi connectivity index (χ4v) is 19.1. The second-order valence-electron chi connectivity index (χ2n) is 41.6. The van der Waals surface area contributed by atoms with Crippen LogP contribution in [0.1, 0.15) is 320 Å². The summed E-state index contributed by atoms with van der Waals surface area (Å²) < 4.78 is 6.88. The minimum Gasteiger partial charge on any atom is -0.366 e. The largest absolute Gasteiger partial charge is 0.366 e. The van der Waals surface area contributed by atoms with E-state index in [9.17, 15) is 0 Å². The molecule has 0 atom stereocenters. The Balaban J connectivity index is 0.000000266. The molecule has 0 radical (unpaired) electrons. The van der Waals surface area contributed by atoms with E-state index in [-0.39, 0.29) is 92.3 Å². The van der Waals surface area contributed by atoms with E-state index in [0.29, 0.717) is 0 Å². The Bertz CT molecular complexity index is 4060. The molecule has 16 heteroatoms. The quantitative estimate of drug-likeness (QED) is 0.142. The molecule has 4 aliphatic heterocycles. The molecule has 0 spiro atoms. The number of pyridine rings is 3. The van der Waals surface area contributed by atoms with E-state index in [0.717, 1.165) is 78.9 Å². The maximum atomic E-state index is 6.32. The van der Waals surface area contributed by atoms with Gasteiger partial charge in [-0.25, -0.2) is 34.9 Å². The van der Waals surface area contributed by atoms with Crippen LogP contribution in [0.3, 0.4) is 0 Å². The summed E-state index contributed by atoms with van der Waals surface area (Å²) in [6, 6.07) is 0. The number of aryl methyl sites for hydroxylation is 12. The van der Waals surface area contributed by atoms with Gasteiger partial charge in [0.2, 0.25) is 0 Å². The molecule has 108 heavy (non-hydrogen) atoms. The summed E-state index contributed by atoms with van der Waals surface area (Å²) in [5.74, 6) is 0.787. The number of hydrogen-bond acceptors (Lipinski definition) is 16. The Morgan fingerprint density at radius 2 is 0.528 bits per heavy atom. The third-order valence-corrected chi connectivity index (χ3v) is 35.6. The van der Waals surface area contributed by atoms with Crippen LogP contribution in [0.25, 0.3) is 33.2 Å². The zero-order chi connectivity index (χ0) is 85.3. The summed E-state index contributed by atoms with van der Waals surface area (Å²) in [5, 5.41) is 10.5. The van der Waals surface area contributed by atoms with Crippen molar-refractivity contribution in [3.8, 4) is 0 Å². The van der Waals surface area contributed by atoms with Gasteiger partial charge in [0.1, 0.15) is 11.3 Å². The van der Waals surface area contributed by atoms with E-state index in [4.69, 9.17) is 4.74 Å². The van der Waals surface area contributed by atoms with Gasteiger partial charge in [0.05, 0.1) is 34.0 Å². The van der Waals surface area contributed by atoms with Crippen LogP contribution in [-0.4, -0.2) is 181 Å². The van der Waals surface area contributed by atoms with Crippen LogP contribution < -0.4 is 0 Å². The molecule has 0 bridgehead atoms. The van der Waals surface area contributed by atoms with Gasteiger partial charge in [-0.15, -0.1) is 16.9 Å². The highest BCUT2D eigenvalue weighted by atomic mass is 32.2. The van der Waals surface area contributed by atoms with Gasteiger partial charge in [-0.05, 0) is 388 Å². The topological polar surface area (TPSA) is 141 Å². The predicted octanol–water partition coefficient (Wildman–Crippen LogP) is 22.1. The monoisotopic (exact) mass is 1510 g/mol. The van der Waals surface area contributed by atoms with Crippen molar-refractivity contribution in [1.82, 2.24) is 69.6 Å². The van der Waals surface area contributed by atoms with E-state index in [1.165, 1.54) is 38.9 Å². The minimum atomic E-state index is -0.138. The van der Waals surface area contributed by atoms with Crippen molar-refractivity contribution in [2.75, 3.05) is 35.2 Å². The number of fused-ring (bicyclic) bond motifs is 3. The van der Waals surface area contributed by atoms with Crippen molar-refractivity contribution >= 4 is 45.0 Å². The molecule has 6 aromatic rings. The molecule has 0 unspecified atom stereocenters. The molecule has 0 saturated carbocycles. The van der Waals surface area contributed by atoms with Crippen molar-refractivity contribution in [2.24, 2.45) is 16.2 Å². The van der Waals surface area contributed by atoms with Crippen LogP contribution >= 0.6 is 11.8 Å². The first-order valence-electron chi connectivity index (χ1n) is 40.1. The summed E-state index contributed by atoms with van der Waals surface area (Å²) in [6.45, 7) is 110. The summed E-state index contributed by atoms with van der Waals surface area (Å²) in [6.07, 6.45) is 0. The average molecular weight is 1510 g/mol. The van der Waals surface area contributed by atoms with Crippen molar-refractivity contribution in [2.45, 2.75) is 415 Å². The Hall–Kier alpha value is -4.42. The number of aromatic nitrogens is 9. The molecule has 15 nitrogen and oxygen atoms in total. The molecule has 612 valence electrons. The molecule has 4 saturated heterocycles. The smallest absolute Gasteiger partial charge is 0.182 e. The lowest BCUT2D eigenvalue weighted by atomic mass is 9.41. The van der Waals surface area contributed by atoms with Crippen molar-refractivity contribution < 1.29 is 4.74 Å². The molecule has 10 rings (SSSR count). The highest BCUT2D eigenvalue weighted by Gasteiger charge is 2.67.